The zero-order valence-electron chi connectivity index (χ0n) is 10.9. The van der Waals surface area contributed by atoms with E-state index in [-0.39, 0.29) is 0 Å². The number of nitrogens with zero attached hydrogens (tertiary/aromatic N) is 1. The highest BCUT2D eigenvalue weighted by Gasteiger charge is 2.39. The Bertz CT molecular complexity index is 303. The maximum Gasteiger partial charge on any atom is 0.136 e. The summed E-state index contributed by atoms with van der Waals surface area (Å²) in [6.45, 7) is 2.23. The van der Waals surface area contributed by atoms with Crippen LogP contribution in [0.15, 0.2) is 0 Å². The number of carbonyl (C=O) groups is 1. The molecule has 0 aliphatic carbocycles. The first-order valence-electron chi connectivity index (χ1n) is 6.67. The third kappa shape index (κ3) is 3.16. The maximum absolute atomic E-state index is 11.6. The van der Waals surface area contributed by atoms with Gasteiger partial charge in [0.15, 0.2) is 0 Å². The van der Waals surface area contributed by atoms with Crippen molar-refractivity contribution >= 4 is 16.6 Å². The second-order valence-corrected chi connectivity index (χ2v) is 7.10. The van der Waals surface area contributed by atoms with Crippen LogP contribution in [0, 0.1) is 0 Å². The van der Waals surface area contributed by atoms with E-state index in [1.54, 1.807) is 6.26 Å². The van der Waals surface area contributed by atoms with Crippen LogP contribution in [-0.2, 0) is 15.6 Å². The molecule has 0 aromatic carbocycles. The van der Waals surface area contributed by atoms with Gasteiger partial charge in [-0.05, 0) is 26.2 Å². The van der Waals surface area contributed by atoms with Gasteiger partial charge in [0.2, 0.25) is 0 Å². The number of carbonyl (C=O) groups excluding carboxylic acids is 1. The lowest BCUT2D eigenvalue weighted by molar-refractivity contribution is -0.128. The Hall–Kier alpha value is -0.220. The Morgan fingerprint density at radius 1 is 1.35 bits per heavy atom. The highest BCUT2D eigenvalue weighted by atomic mass is 32.2. The molecule has 3 nitrogen and oxygen atoms in total. The summed E-state index contributed by atoms with van der Waals surface area (Å²) >= 11 is 0. The van der Waals surface area contributed by atoms with Gasteiger partial charge in [-0.2, -0.15) is 0 Å². The number of ketones is 1. The Balaban J connectivity index is 1.99. The van der Waals surface area contributed by atoms with Gasteiger partial charge in [-0.3, -0.25) is 13.9 Å². The lowest BCUT2D eigenvalue weighted by Crippen LogP contribution is -2.56. The van der Waals surface area contributed by atoms with Crippen LogP contribution < -0.4 is 0 Å². The minimum Gasteiger partial charge on any atom is -0.300 e. The molecular formula is C13H23NO2S. The molecule has 2 saturated heterocycles. The van der Waals surface area contributed by atoms with Crippen molar-refractivity contribution in [1.82, 2.24) is 4.90 Å². The molecule has 2 fully saturated rings. The summed E-state index contributed by atoms with van der Waals surface area (Å²) < 4.78 is 11.2. The van der Waals surface area contributed by atoms with Crippen molar-refractivity contribution in [2.24, 2.45) is 0 Å². The molecule has 4 unspecified atom stereocenters. The molecule has 2 rings (SSSR count). The minimum atomic E-state index is -0.698. The van der Waals surface area contributed by atoms with Crippen molar-refractivity contribution in [1.29, 1.82) is 0 Å². The van der Waals surface area contributed by atoms with Gasteiger partial charge in [0.1, 0.15) is 5.78 Å². The van der Waals surface area contributed by atoms with Crippen LogP contribution in [-0.4, -0.2) is 45.0 Å². The van der Waals surface area contributed by atoms with Gasteiger partial charge in [0, 0.05) is 53.8 Å². The third-order valence-corrected chi connectivity index (χ3v) is 4.99. The molecule has 2 heterocycles. The van der Waals surface area contributed by atoms with Gasteiger partial charge in [-0.15, -0.1) is 0 Å². The van der Waals surface area contributed by atoms with Crippen LogP contribution in [0.1, 0.15) is 45.4 Å². The second kappa shape index (κ2) is 5.61. The summed E-state index contributed by atoms with van der Waals surface area (Å²) in [5, 5.41) is 0. The average molecular weight is 257 g/mol. The Labute approximate surface area is 106 Å². The summed E-state index contributed by atoms with van der Waals surface area (Å²) in [7, 11) is -0.698. The van der Waals surface area contributed by atoms with Crippen molar-refractivity contribution < 1.29 is 9.00 Å². The van der Waals surface area contributed by atoms with Gasteiger partial charge < -0.3 is 0 Å². The van der Waals surface area contributed by atoms with Gasteiger partial charge in [0.25, 0.3) is 0 Å². The lowest BCUT2D eigenvalue weighted by Gasteiger charge is -2.48. The predicted octanol–water partition coefficient (Wildman–Crippen LogP) is 1.73. The molecule has 0 saturated carbocycles. The fourth-order valence-electron chi connectivity index (χ4n) is 3.41. The molecule has 17 heavy (non-hydrogen) atoms. The molecule has 2 bridgehead atoms. The van der Waals surface area contributed by atoms with Crippen molar-refractivity contribution in [3.8, 4) is 0 Å². The molecule has 0 spiro atoms. The van der Waals surface area contributed by atoms with Crippen LogP contribution in [0.3, 0.4) is 0 Å². The van der Waals surface area contributed by atoms with Crippen molar-refractivity contribution in [2.45, 2.75) is 63.6 Å². The van der Waals surface area contributed by atoms with E-state index < -0.39 is 10.8 Å². The van der Waals surface area contributed by atoms with Gasteiger partial charge in [0.05, 0.1) is 0 Å². The van der Waals surface area contributed by atoms with E-state index in [0.29, 0.717) is 23.9 Å². The van der Waals surface area contributed by atoms with E-state index in [9.17, 15) is 9.00 Å². The predicted molar refractivity (Wildman–Crippen MR) is 70.5 cm³/mol. The Morgan fingerprint density at radius 2 is 1.94 bits per heavy atom. The van der Waals surface area contributed by atoms with Crippen LogP contribution in [0.2, 0.25) is 0 Å². The fraction of sp³-hybridized carbons (Fsp3) is 0.923. The first-order valence-corrected chi connectivity index (χ1v) is 8.40. The summed E-state index contributed by atoms with van der Waals surface area (Å²) in [5.74, 6) is 1.23. The monoisotopic (exact) mass is 257 g/mol. The molecular weight excluding hydrogens is 234 g/mol. The molecule has 4 atom stereocenters. The molecule has 0 aromatic heterocycles. The number of rotatable bonds is 4. The highest BCUT2D eigenvalue weighted by molar-refractivity contribution is 7.84. The number of hydrogen-bond donors (Lipinski definition) is 0. The number of Topliss-reactive ketones (excluding diaryl/α,β-unsaturated/α-hetero) is 1. The number of piperidine rings is 2. The Morgan fingerprint density at radius 3 is 2.47 bits per heavy atom. The van der Waals surface area contributed by atoms with Gasteiger partial charge in [-0.25, -0.2) is 0 Å². The molecule has 0 amide bonds. The number of fused-ring (bicyclic) bond motifs is 2. The van der Waals surface area contributed by atoms with E-state index in [0.717, 1.165) is 25.0 Å². The van der Waals surface area contributed by atoms with Crippen LogP contribution >= 0.6 is 0 Å². The van der Waals surface area contributed by atoms with Gasteiger partial charge in [-0.1, -0.05) is 6.42 Å². The van der Waals surface area contributed by atoms with Crippen LogP contribution in [0.4, 0.5) is 0 Å². The molecule has 4 heteroatoms. The smallest absolute Gasteiger partial charge is 0.136 e. The second-order valence-electron chi connectivity index (χ2n) is 5.55. The quantitative estimate of drug-likeness (QED) is 0.770. The largest absolute Gasteiger partial charge is 0.300 e. The molecule has 0 N–H and O–H groups in total. The Kier molecular flexibility index (Phi) is 4.36. The van der Waals surface area contributed by atoms with Crippen molar-refractivity contribution in [3.05, 3.63) is 0 Å². The third-order valence-electron chi connectivity index (χ3n) is 4.18. The number of hydrogen-bond acceptors (Lipinski definition) is 3. The summed E-state index contributed by atoms with van der Waals surface area (Å²) in [6.07, 6.45) is 7.86. The first kappa shape index (κ1) is 13.2. The fourth-order valence-corrected chi connectivity index (χ4v) is 4.09. The van der Waals surface area contributed by atoms with E-state index in [1.165, 1.54) is 19.3 Å². The van der Waals surface area contributed by atoms with E-state index in [2.05, 4.69) is 11.8 Å². The van der Waals surface area contributed by atoms with Crippen molar-refractivity contribution in [3.63, 3.8) is 0 Å². The topological polar surface area (TPSA) is 37.4 Å². The summed E-state index contributed by atoms with van der Waals surface area (Å²) in [4.78, 5) is 14.2. The van der Waals surface area contributed by atoms with E-state index >= 15 is 0 Å². The zero-order chi connectivity index (χ0) is 12.4. The van der Waals surface area contributed by atoms with Crippen LogP contribution in [0.5, 0.6) is 0 Å². The van der Waals surface area contributed by atoms with Gasteiger partial charge >= 0.3 is 0 Å². The zero-order valence-corrected chi connectivity index (χ0v) is 11.7. The lowest BCUT2D eigenvalue weighted by atomic mass is 9.82. The summed E-state index contributed by atoms with van der Waals surface area (Å²) in [6, 6.07) is 1.41. The van der Waals surface area contributed by atoms with Crippen LogP contribution in [0.25, 0.3) is 0 Å². The standard InChI is InChI=1S/C13H23NO2S/c1-10(6-7-17(2)16)14-11-4-3-5-12(14)9-13(15)8-11/h10-12H,3-9H2,1-2H3. The average Bonchev–Trinajstić information content (AvgIpc) is 2.24. The highest BCUT2D eigenvalue weighted by Crippen LogP contribution is 2.34. The van der Waals surface area contributed by atoms with E-state index in [1.807, 2.05) is 0 Å². The first-order chi connectivity index (χ1) is 8.08. The molecule has 2 aliphatic rings. The normalized spacial score (nSPS) is 33.4. The molecule has 98 valence electrons. The maximum atomic E-state index is 11.6. The van der Waals surface area contributed by atoms with Crippen molar-refractivity contribution in [2.75, 3.05) is 12.0 Å². The summed E-state index contributed by atoms with van der Waals surface area (Å²) in [5.41, 5.74) is 0. The molecule has 0 radical (unpaired) electrons. The van der Waals surface area contributed by atoms with E-state index in [4.69, 9.17) is 0 Å². The molecule has 2 aliphatic heterocycles. The minimum absolute atomic E-state index is 0.446. The SMILES string of the molecule is CC(CCS(C)=O)N1C2CCCC1CC(=O)C2. The molecule has 0 aromatic rings.